The van der Waals surface area contributed by atoms with Crippen molar-refractivity contribution in [2.75, 3.05) is 0 Å². The molecule has 0 spiro atoms. The number of aliphatic hydroxyl groups is 3. The fourth-order valence-electron chi connectivity index (χ4n) is 2.71. The molecule has 0 unspecified atom stereocenters. The van der Waals surface area contributed by atoms with Crippen LogP contribution in [-0.4, -0.2) is 39.1 Å². The van der Waals surface area contributed by atoms with Crippen molar-refractivity contribution >= 4 is 27.4 Å². The lowest BCUT2D eigenvalue weighted by Crippen LogP contribution is -2.54. The van der Waals surface area contributed by atoms with E-state index in [1.54, 1.807) is 0 Å². The number of thiophene rings is 1. The molecule has 1 aromatic carbocycles. The van der Waals surface area contributed by atoms with E-state index in [9.17, 15) is 25.2 Å². The Bertz CT molecular complexity index is 811. The number of aliphatic carboxylic acids is 1. The third kappa shape index (κ3) is 3.16. The van der Waals surface area contributed by atoms with Crippen LogP contribution in [0.5, 0.6) is 0 Å². The molecular formula is C17H17O6S-. The first-order valence-electron chi connectivity index (χ1n) is 7.43. The van der Waals surface area contributed by atoms with Gasteiger partial charge in [-0.3, -0.25) is 0 Å². The number of aliphatic hydroxyl groups excluding tert-OH is 2. The molecule has 0 saturated heterocycles. The van der Waals surface area contributed by atoms with Gasteiger partial charge in [-0.15, -0.1) is 11.3 Å². The number of carbonyl (C=O) groups is 1. The van der Waals surface area contributed by atoms with Gasteiger partial charge >= 0.3 is 0 Å². The number of aryl methyl sites for hydroxylation is 1. The summed E-state index contributed by atoms with van der Waals surface area (Å²) < 4.78 is 6.55. The SMILES string of the molecule is Cc1ccc2sc(COC3=C[C@@](O)(C(=O)[O-])C[C@@H](O)[C@@H]3O)cc2c1. The Labute approximate surface area is 142 Å². The van der Waals surface area contributed by atoms with E-state index in [4.69, 9.17) is 4.74 Å². The number of hydrogen-bond acceptors (Lipinski definition) is 7. The first kappa shape index (κ1) is 16.9. The number of fused-ring (bicyclic) bond motifs is 1. The van der Waals surface area contributed by atoms with Crippen molar-refractivity contribution in [3.05, 3.63) is 46.5 Å². The fourth-order valence-corrected chi connectivity index (χ4v) is 3.67. The molecule has 24 heavy (non-hydrogen) atoms. The first-order valence-corrected chi connectivity index (χ1v) is 8.25. The number of ether oxygens (including phenoxy) is 1. The van der Waals surface area contributed by atoms with E-state index >= 15 is 0 Å². The van der Waals surface area contributed by atoms with Crippen molar-refractivity contribution in [1.82, 2.24) is 0 Å². The van der Waals surface area contributed by atoms with Gasteiger partial charge in [-0.05, 0) is 30.5 Å². The van der Waals surface area contributed by atoms with E-state index in [1.165, 1.54) is 11.3 Å². The van der Waals surface area contributed by atoms with Gasteiger partial charge < -0.3 is 30.0 Å². The second-order valence-electron chi connectivity index (χ2n) is 6.02. The van der Waals surface area contributed by atoms with Gasteiger partial charge in [-0.2, -0.15) is 0 Å². The highest BCUT2D eigenvalue weighted by atomic mass is 32.1. The average Bonchev–Trinajstić information content (AvgIpc) is 2.91. The van der Waals surface area contributed by atoms with Crippen LogP contribution in [0.15, 0.2) is 36.1 Å². The van der Waals surface area contributed by atoms with Gasteiger partial charge in [0.2, 0.25) is 0 Å². The number of carboxylic acid groups (broad SMARTS) is 1. The third-order valence-corrected chi connectivity index (χ3v) is 5.10. The number of rotatable bonds is 4. The molecule has 0 bridgehead atoms. The van der Waals surface area contributed by atoms with Gasteiger partial charge in [0.25, 0.3) is 0 Å². The molecule has 0 fully saturated rings. The summed E-state index contributed by atoms with van der Waals surface area (Å²) >= 11 is 1.52. The molecule has 7 heteroatoms. The lowest BCUT2D eigenvalue weighted by Gasteiger charge is -2.36. The van der Waals surface area contributed by atoms with Crippen LogP contribution in [0, 0.1) is 6.92 Å². The van der Waals surface area contributed by atoms with Crippen LogP contribution >= 0.6 is 11.3 Å². The van der Waals surface area contributed by atoms with E-state index in [0.29, 0.717) is 0 Å². The number of benzene rings is 1. The van der Waals surface area contributed by atoms with Gasteiger partial charge in [-0.25, -0.2) is 0 Å². The second-order valence-corrected chi connectivity index (χ2v) is 7.19. The molecule has 6 nitrogen and oxygen atoms in total. The minimum Gasteiger partial charge on any atom is -0.547 e. The largest absolute Gasteiger partial charge is 0.547 e. The molecule has 3 rings (SSSR count). The van der Waals surface area contributed by atoms with Crippen LogP contribution in [0.3, 0.4) is 0 Å². The summed E-state index contributed by atoms with van der Waals surface area (Å²) in [6.07, 6.45) is -2.48. The van der Waals surface area contributed by atoms with Crippen molar-refractivity contribution in [2.24, 2.45) is 0 Å². The topological polar surface area (TPSA) is 110 Å². The second kappa shape index (κ2) is 6.18. The maximum Gasteiger partial charge on any atom is 0.137 e. The quantitative estimate of drug-likeness (QED) is 0.728. The molecule has 1 heterocycles. The first-order chi connectivity index (χ1) is 11.3. The molecule has 128 valence electrons. The normalized spacial score (nSPS) is 27.1. The molecule has 2 aromatic rings. The molecule has 1 aliphatic rings. The summed E-state index contributed by atoms with van der Waals surface area (Å²) in [7, 11) is 0. The molecule has 3 N–H and O–H groups in total. The molecule has 0 amide bonds. The van der Waals surface area contributed by atoms with Crippen LogP contribution in [0.2, 0.25) is 0 Å². The number of carbonyl (C=O) groups excluding carboxylic acids is 1. The zero-order chi connectivity index (χ0) is 17.5. The van der Waals surface area contributed by atoms with Crippen molar-refractivity contribution in [2.45, 2.75) is 37.8 Å². The molecule has 1 aromatic heterocycles. The van der Waals surface area contributed by atoms with Crippen LogP contribution in [0.25, 0.3) is 10.1 Å². The Morgan fingerprint density at radius 1 is 1.42 bits per heavy atom. The number of carboxylic acids is 1. The standard InChI is InChI=1S/C17H18O6S/c1-9-2-3-14-10(4-9)5-11(24-14)8-23-13-7-17(22,16(20)21)6-12(18)15(13)19/h2-5,7,12,15,18-19,22H,6,8H2,1H3,(H,20,21)/p-1/t12-,15+,17-/m1/s1. The van der Waals surface area contributed by atoms with Crippen molar-refractivity contribution < 1.29 is 30.0 Å². The van der Waals surface area contributed by atoms with Crippen LogP contribution in [-0.2, 0) is 16.1 Å². The van der Waals surface area contributed by atoms with Crippen molar-refractivity contribution in [3.8, 4) is 0 Å². The summed E-state index contributed by atoms with van der Waals surface area (Å²) in [5.41, 5.74) is -1.22. The van der Waals surface area contributed by atoms with E-state index in [1.807, 2.05) is 31.2 Å². The van der Waals surface area contributed by atoms with Gasteiger partial charge in [-0.1, -0.05) is 17.7 Å². The summed E-state index contributed by atoms with van der Waals surface area (Å²) in [5.74, 6) is -1.92. The molecule has 0 radical (unpaired) electrons. The Kier molecular flexibility index (Phi) is 4.35. The van der Waals surface area contributed by atoms with Gasteiger partial charge in [0.05, 0.1) is 12.1 Å². The minimum atomic E-state index is -2.36. The summed E-state index contributed by atoms with van der Waals surface area (Å²) in [4.78, 5) is 11.9. The molecule has 1 aliphatic carbocycles. The molecular weight excluding hydrogens is 332 g/mol. The highest BCUT2D eigenvalue weighted by molar-refractivity contribution is 7.19. The molecule has 0 aliphatic heterocycles. The Balaban J connectivity index is 1.80. The average molecular weight is 349 g/mol. The predicted molar refractivity (Wildman–Crippen MR) is 86.0 cm³/mol. The minimum absolute atomic E-state index is 0.0944. The Morgan fingerprint density at radius 2 is 2.17 bits per heavy atom. The third-order valence-electron chi connectivity index (χ3n) is 4.01. The zero-order valence-corrected chi connectivity index (χ0v) is 13.7. The summed E-state index contributed by atoms with van der Waals surface area (Å²) in [6, 6.07) is 8.01. The monoisotopic (exact) mass is 349 g/mol. The van der Waals surface area contributed by atoms with E-state index in [-0.39, 0.29) is 12.4 Å². The zero-order valence-electron chi connectivity index (χ0n) is 12.9. The van der Waals surface area contributed by atoms with E-state index < -0.39 is 30.2 Å². The highest BCUT2D eigenvalue weighted by Gasteiger charge is 2.40. The maximum absolute atomic E-state index is 11.0. The maximum atomic E-state index is 11.0. The van der Waals surface area contributed by atoms with Gasteiger partial charge in [0.1, 0.15) is 24.1 Å². The van der Waals surface area contributed by atoms with Crippen LogP contribution in [0.4, 0.5) is 0 Å². The lowest BCUT2D eigenvalue weighted by molar-refractivity contribution is -0.323. The van der Waals surface area contributed by atoms with Gasteiger partial charge in [0, 0.05) is 16.0 Å². The molecule has 0 saturated carbocycles. The molecule has 3 atom stereocenters. The predicted octanol–water partition coefficient (Wildman–Crippen LogP) is 0.217. The Hall–Kier alpha value is -1.93. The number of hydrogen-bond donors (Lipinski definition) is 3. The summed E-state index contributed by atoms with van der Waals surface area (Å²) in [6.45, 7) is 2.09. The highest BCUT2D eigenvalue weighted by Crippen LogP contribution is 2.31. The van der Waals surface area contributed by atoms with E-state index in [0.717, 1.165) is 26.6 Å². The van der Waals surface area contributed by atoms with Crippen molar-refractivity contribution in [1.29, 1.82) is 0 Å². The van der Waals surface area contributed by atoms with E-state index in [2.05, 4.69) is 0 Å². The fraction of sp³-hybridized carbons (Fsp3) is 0.353. The van der Waals surface area contributed by atoms with Crippen LogP contribution in [0.1, 0.15) is 16.9 Å². The smallest absolute Gasteiger partial charge is 0.137 e. The lowest BCUT2D eigenvalue weighted by atomic mass is 9.86. The van der Waals surface area contributed by atoms with Crippen LogP contribution < -0.4 is 5.11 Å². The van der Waals surface area contributed by atoms with Gasteiger partial charge in [0.15, 0.2) is 0 Å². The summed E-state index contributed by atoms with van der Waals surface area (Å²) in [5, 5.41) is 41.8. The Morgan fingerprint density at radius 3 is 2.88 bits per heavy atom. The van der Waals surface area contributed by atoms with Crippen molar-refractivity contribution in [3.63, 3.8) is 0 Å².